The number of ether oxygens (including phenoxy) is 2. The maximum absolute atomic E-state index is 13.0. The lowest BCUT2D eigenvalue weighted by Gasteiger charge is -2.26. The van der Waals surface area contributed by atoms with Gasteiger partial charge in [-0.05, 0) is 43.7 Å². The van der Waals surface area contributed by atoms with E-state index in [9.17, 15) is 13.2 Å². The van der Waals surface area contributed by atoms with Gasteiger partial charge in [0.15, 0.2) is 0 Å². The quantitative estimate of drug-likeness (QED) is 0.682. The van der Waals surface area contributed by atoms with E-state index in [0.29, 0.717) is 37.7 Å². The van der Waals surface area contributed by atoms with E-state index in [1.165, 1.54) is 22.5 Å². The van der Waals surface area contributed by atoms with Gasteiger partial charge in [-0.2, -0.15) is 4.31 Å². The molecule has 1 amide bonds. The van der Waals surface area contributed by atoms with Crippen molar-refractivity contribution in [3.8, 4) is 5.75 Å². The highest BCUT2D eigenvalue weighted by atomic mass is 32.2. The number of hydrogen-bond donors (Lipinski definition) is 1. The zero-order valence-electron chi connectivity index (χ0n) is 17.1. The lowest BCUT2D eigenvalue weighted by Crippen LogP contribution is -2.40. The topological polar surface area (TPSA) is 84.9 Å². The minimum atomic E-state index is -3.69. The summed E-state index contributed by atoms with van der Waals surface area (Å²) < 4.78 is 38.3. The normalized spacial score (nSPS) is 15.4. The molecular weight excluding hydrogens is 404 g/mol. The molecule has 1 aliphatic heterocycles. The minimum absolute atomic E-state index is 0.0999. The van der Waals surface area contributed by atoms with Crippen molar-refractivity contribution in [3.63, 3.8) is 0 Å². The van der Waals surface area contributed by atoms with Gasteiger partial charge in [0.25, 0.3) is 0 Å². The third kappa shape index (κ3) is 5.69. The Hall–Kier alpha value is -2.68. The number of amides is 1. The average Bonchev–Trinajstić information content (AvgIpc) is 2.74. The first kappa shape index (κ1) is 22.0. The van der Waals surface area contributed by atoms with Crippen molar-refractivity contribution in [1.29, 1.82) is 0 Å². The van der Waals surface area contributed by atoms with Crippen LogP contribution in [-0.2, 0) is 19.6 Å². The van der Waals surface area contributed by atoms with Crippen LogP contribution in [0.3, 0.4) is 0 Å². The number of hydrogen-bond acceptors (Lipinski definition) is 5. The highest BCUT2D eigenvalue weighted by molar-refractivity contribution is 7.89. The lowest BCUT2D eigenvalue weighted by molar-refractivity contribution is -0.111. The van der Waals surface area contributed by atoms with Gasteiger partial charge in [0, 0.05) is 19.2 Å². The van der Waals surface area contributed by atoms with Crippen LogP contribution in [0.1, 0.15) is 19.4 Å². The number of benzene rings is 2. The van der Waals surface area contributed by atoms with E-state index in [4.69, 9.17) is 9.47 Å². The van der Waals surface area contributed by atoms with E-state index in [1.807, 2.05) is 44.2 Å². The van der Waals surface area contributed by atoms with Crippen LogP contribution in [0, 0.1) is 0 Å². The predicted octanol–water partition coefficient (Wildman–Crippen LogP) is 3.15. The molecule has 0 radical (unpaired) electrons. The zero-order chi connectivity index (χ0) is 21.6. The maximum Gasteiger partial charge on any atom is 0.248 e. The van der Waals surface area contributed by atoms with E-state index in [1.54, 1.807) is 12.1 Å². The Bertz CT molecular complexity index is 997. The summed E-state index contributed by atoms with van der Waals surface area (Å²) in [5, 5.41) is 2.74. The predicted molar refractivity (Wildman–Crippen MR) is 116 cm³/mol. The van der Waals surface area contributed by atoms with Crippen LogP contribution in [0.5, 0.6) is 5.75 Å². The number of carbonyl (C=O) groups is 1. The Kier molecular flexibility index (Phi) is 7.25. The van der Waals surface area contributed by atoms with Gasteiger partial charge in [0.05, 0.1) is 29.9 Å². The molecule has 1 heterocycles. The second-order valence-electron chi connectivity index (χ2n) is 7.07. The van der Waals surface area contributed by atoms with Crippen LogP contribution in [-0.4, -0.2) is 51.0 Å². The number of rotatable bonds is 7. The first-order valence-electron chi connectivity index (χ1n) is 9.79. The van der Waals surface area contributed by atoms with Crippen LogP contribution in [0.15, 0.2) is 59.5 Å². The SMILES string of the molecule is CC(C)Oc1ccc(S(=O)(=O)N2CCOCC2)cc1NC(=O)/C=C/c1ccccc1. The van der Waals surface area contributed by atoms with E-state index in [0.717, 1.165) is 5.56 Å². The highest BCUT2D eigenvalue weighted by Gasteiger charge is 2.27. The first-order valence-corrected chi connectivity index (χ1v) is 11.2. The van der Waals surface area contributed by atoms with Gasteiger partial charge < -0.3 is 14.8 Å². The Balaban J connectivity index is 1.85. The zero-order valence-corrected chi connectivity index (χ0v) is 17.9. The molecule has 160 valence electrons. The van der Waals surface area contributed by atoms with Gasteiger partial charge >= 0.3 is 0 Å². The summed E-state index contributed by atoms with van der Waals surface area (Å²) >= 11 is 0. The second kappa shape index (κ2) is 9.88. The lowest BCUT2D eigenvalue weighted by atomic mass is 10.2. The molecular formula is C22H26N2O5S. The minimum Gasteiger partial charge on any atom is -0.489 e. The molecule has 0 saturated carbocycles. The van der Waals surface area contributed by atoms with Crippen molar-refractivity contribution in [1.82, 2.24) is 4.31 Å². The van der Waals surface area contributed by atoms with Crippen molar-refractivity contribution in [2.45, 2.75) is 24.8 Å². The largest absolute Gasteiger partial charge is 0.489 e. The third-order valence-corrected chi connectivity index (χ3v) is 6.30. The number of nitrogens with one attached hydrogen (secondary N) is 1. The van der Waals surface area contributed by atoms with E-state index in [2.05, 4.69) is 5.32 Å². The van der Waals surface area contributed by atoms with Crippen molar-refractivity contribution in [3.05, 3.63) is 60.2 Å². The van der Waals surface area contributed by atoms with Crippen LogP contribution in [0.4, 0.5) is 5.69 Å². The van der Waals surface area contributed by atoms with E-state index < -0.39 is 10.0 Å². The van der Waals surface area contributed by atoms with Crippen molar-refractivity contribution >= 4 is 27.7 Å². The van der Waals surface area contributed by atoms with Gasteiger partial charge in [0.1, 0.15) is 5.75 Å². The van der Waals surface area contributed by atoms with E-state index in [-0.39, 0.29) is 16.9 Å². The molecule has 1 saturated heterocycles. The van der Waals surface area contributed by atoms with Crippen molar-refractivity contribution in [2.24, 2.45) is 0 Å². The van der Waals surface area contributed by atoms with Crippen LogP contribution in [0.2, 0.25) is 0 Å². The number of morpholine rings is 1. The highest BCUT2D eigenvalue weighted by Crippen LogP contribution is 2.30. The summed E-state index contributed by atoms with van der Waals surface area (Å²) in [4.78, 5) is 12.6. The Labute approximate surface area is 177 Å². The molecule has 0 atom stereocenters. The van der Waals surface area contributed by atoms with Gasteiger partial charge in [-0.3, -0.25) is 4.79 Å². The number of sulfonamides is 1. The van der Waals surface area contributed by atoms with Gasteiger partial charge in [-0.15, -0.1) is 0 Å². The Morgan fingerprint density at radius 3 is 2.50 bits per heavy atom. The van der Waals surface area contributed by atoms with Gasteiger partial charge in [-0.25, -0.2) is 8.42 Å². The average molecular weight is 431 g/mol. The molecule has 3 rings (SSSR count). The molecule has 2 aromatic carbocycles. The summed E-state index contributed by atoms with van der Waals surface area (Å²) in [5.74, 6) is 0.0285. The third-order valence-electron chi connectivity index (χ3n) is 4.41. The van der Waals surface area contributed by atoms with Crippen molar-refractivity contribution < 1.29 is 22.7 Å². The fourth-order valence-electron chi connectivity index (χ4n) is 2.97. The maximum atomic E-state index is 13.0. The summed E-state index contributed by atoms with van der Waals surface area (Å²) in [6, 6.07) is 13.9. The molecule has 0 spiro atoms. The number of anilines is 1. The monoisotopic (exact) mass is 430 g/mol. The molecule has 1 aliphatic rings. The number of nitrogens with zero attached hydrogens (tertiary/aromatic N) is 1. The number of carbonyl (C=O) groups excluding carboxylic acids is 1. The van der Waals surface area contributed by atoms with Crippen LogP contribution in [0.25, 0.3) is 6.08 Å². The summed E-state index contributed by atoms with van der Waals surface area (Å²) in [7, 11) is -3.69. The molecule has 7 nitrogen and oxygen atoms in total. The van der Waals surface area contributed by atoms with Gasteiger partial charge in [-0.1, -0.05) is 30.3 Å². The molecule has 0 aromatic heterocycles. The summed E-state index contributed by atoms with van der Waals surface area (Å²) in [6.07, 6.45) is 2.95. The van der Waals surface area contributed by atoms with Crippen molar-refractivity contribution in [2.75, 3.05) is 31.6 Å². The molecule has 30 heavy (non-hydrogen) atoms. The van der Waals surface area contributed by atoms with Crippen LogP contribution < -0.4 is 10.1 Å². The van der Waals surface area contributed by atoms with Gasteiger partial charge in [0.2, 0.25) is 15.9 Å². The van der Waals surface area contributed by atoms with Crippen LogP contribution >= 0.6 is 0 Å². The molecule has 1 fully saturated rings. The molecule has 1 N–H and O–H groups in total. The summed E-state index contributed by atoms with van der Waals surface area (Å²) in [5.41, 5.74) is 1.19. The van der Waals surface area contributed by atoms with E-state index >= 15 is 0 Å². The molecule has 0 unspecified atom stereocenters. The molecule has 0 bridgehead atoms. The standard InChI is InChI=1S/C22H26N2O5S/c1-17(2)29-21-10-9-19(30(26,27)24-12-14-28-15-13-24)16-20(21)23-22(25)11-8-18-6-4-3-5-7-18/h3-11,16-17H,12-15H2,1-2H3,(H,23,25)/b11-8+. The molecule has 0 aliphatic carbocycles. The second-order valence-corrected chi connectivity index (χ2v) is 9.01. The Morgan fingerprint density at radius 2 is 1.83 bits per heavy atom. The smallest absolute Gasteiger partial charge is 0.248 e. The fraction of sp³-hybridized carbons (Fsp3) is 0.318. The molecule has 2 aromatic rings. The first-order chi connectivity index (χ1) is 14.4. The fourth-order valence-corrected chi connectivity index (χ4v) is 4.41. The Morgan fingerprint density at radius 1 is 1.13 bits per heavy atom. The summed E-state index contributed by atoms with van der Waals surface area (Å²) in [6.45, 7) is 5.05. The molecule has 8 heteroatoms.